The highest BCUT2D eigenvalue weighted by atomic mass is 32.2. The summed E-state index contributed by atoms with van der Waals surface area (Å²) in [6, 6.07) is 26.0. The molecule has 1 fully saturated rings. The molecule has 3 aromatic rings. The first-order valence-corrected chi connectivity index (χ1v) is 12.6. The molecule has 1 heterocycles. The van der Waals surface area contributed by atoms with Crippen LogP contribution in [0.1, 0.15) is 34.5 Å². The number of nitrogens with zero attached hydrogens (tertiary/aromatic N) is 2. The van der Waals surface area contributed by atoms with Crippen molar-refractivity contribution in [1.82, 2.24) is 14.5 Å². The molecule has 1 aliphatic rings. The lowest BCUT2D eigenvalue weighted by Gasteiger charge is -2.34. The van der Waals surface area contributed by atoms with Crippen LogP contribution < -0.4 is 5.32 Å². The fourth-order valence-electron chi connectivity index (χ4n) is 4.02. The minimum atomic E-state index is -3.67. The van der Waals surface area contributed by atoms with Gasteiger partial charge in [0.15, 0.2) is 0 Å². The van der Waals surface area contributed by atoms with Gasteiger partial charge in [-0.15, -0.1) is 0 Å². The molecule has 0 radical (unpaired) electrons. The van der Waals surface area contributed by atoms with Gasteiger partial charge in [0.25, 0.3) is 5.91 Å². The Morgan fingerprint density at radius 3 is 2.18 bits per heavy atom. The number of carbonyl (C=O) groups is 1. The summed E-state index contributed by atoms with van der Waals surface area (Å²) in [6.45, 7) is 4.91. The van der Waals surface area contributed by atoms with Gasteiger partial charge in [-0.2, -0.15) is 4.31 Å². The van der Waals surface area contributed by atoms with Gasteiger partial charge in [-0.25, -0.2) is 8.42 Å². The van der Waals surface area contributed by atoms with Crippen LogP contribution in [0.4, 0.5) is 0 Å². The first kappa shape index (κ1) is 23.2. The van der Waals surface area contributed by atoms with E-state index in [1.165, 1.54) is 15.9 Å². The van der Waals surface area contributed by atoms with E-state index in [0.717, 1.165) is 12.1 Å². The third-order valence-electron chi connectivity index (χ3n) is 5.96. The second-order valence-corrected chi connectivity index (χ2v) is 10.2. The van der Waals surface area contributed by atoms with Crippen LogP contribution in [-0.2, 0) is 16.6 Å². The predicted octanol–water partition coefficient (Wildman–Crippen LogP) is 3.68. The number of hydrogen-bond donors (Lipinski definition) is 1. The first-order chi connectivity index (χ1) is 15.9. The van der Waals surface area contributed by atoms with E-state index in [2.05, 4.69) is 22.3 Å². The summed E-state index contributed by atoms with van der Waals surface area (Å²) in [6.07, 6.45) is 0. The van der Waals surface area contributed by atoms with Gasteiger partial charge in [0.05, 0.1) is 10.9 Å². The second-order valence-electron chi connectivity index (χ2n) is 8.30. The Morgan fingerprint density at radius 2 is 1.52 bits per heavy atom. The quantitative estimate of drug-likeness (QED) is 0.580. The molecule has 1 aliphatic heterocycles. The van der Waals surface area contributed by atoms with E-state index in [0.29, 0.717) is 31.7 Å². The summed E-state index contributed by atoms with van der Waals surface area (Å²) < 4.78 is 28.0. The maximum atomic E-state index is 13.2. The maximum absolute atomic E-state index is 13.2. The molecule has 4 rings (SSSR count). The molecule has 33 heavy (non-hydrogen) atoms. The Balaban J connectivity index is 1.40. The van der Waals surface area contributed by atoms with E-state index in [1.807, 2.05) is 55.5 Å². The minimum Gasteiger partial charge on any atom is -0.346 e. The number of piperazine rings is 1. The molecule has 6 nitrogen and oxygen atoms in total. The second kappa shape index (κ2) is 10.3. The van der Waals surface area contributed by atoms with Crippen molar-refractivity contribution < 1.29 is 13.2 Å². The summed E-state index contributed by atoms with van der Waals surface area (Å²) >= 11 is 0. The fraction of sp³-hybridized carbons (Fsp3) is 0.269. The highest BCUT2D eigenvalue weighted by Crippen LogP contribution is 2.20. The summed E-state index contributed by atoms with van der Waals surface area (Å²) in [5, 5.41) is 2.95. The van der Waals surface area contributed by atoms with Gasteiger partial charge in [-0.05, 0) is 36.2 Å². The minimum absolute atomic E-state index is 0.152. The van der Waals surface area contributed by atoms with Crippen molar-refractivity contribution in [1.29, 1.82) is 0 Å². The number of nitrogens with one attached hydrogen (secondary N) is 1. The van der Waals surface area contributed by atoms with Crippen molar-refractivity contribution >= 4 is 15.9 Å². The average Bonchev–Trinajstić information content (AvgIpc) is 2.85. The Labute approximate surface area is 195 Å². The molecule has 1 atom stereocenters. The van der Waals surface area contributed by atoms with Crippen LogP contribution in [0.15, 0.2) is 89.8 Å². The number of amides is 1. The zero-order chi connectivity index (χ0) is 23.3. The highest BCUT2D eigenvalue weighted by Gasteiger charge is 2.29. The molecule has 0 aliphatic carbocycles. The van der Waals surface area contributed by atoms with Gasteiger partial charge in [0.2, 0.25) is 10.0 Å². The van der Waals surface area contributed by atoms with Crippen LogP contribution in [0, 0.1) is 0 Å². The molecule has 0 bridgehead atoms. The van der Waals surface area contributed by atoms with Crippen molar-refractivity contribution in [2.75, 3.05) is 26.2 Å². The Kier molecular flexibility index (Phi) is 7.23. The number of sulfonamides is 1. The van der Waals surface area contributed by atoms with E-state index in [1.54, 1.807) is 18.2 Å². The molecule has 7 heteroatoms. The lowest BCUT2D eigenvalue weighted by molar-refractivity contribution is 0.0939. The normalized spacial score (nSPS) is 16.3. The summed E-state index contributed by atoms with van der Waals surface area (Å²) in [7, 11) is -3.67. The SMILES string of the molecule is CC(NC(=O)c1cccc(S(=O)(=O)N2CCN(Cc3ccccc3)CC2)c1)c1ccccc1. The largest absolute Gasteiger partial charge is 0.346 e. The molecule has 0 saturated carbocycles. The van der Waals surface area contributed by atoms with Gasteiger partial charge < -0.3 is 5.32 Å². The van der Waals surface area contributed by atoms with Gasteiger partial charge in [0, 0.05) is 38.3 Å². The Hall–Kier alpha value is -3.00. The topological polar surface area (TPSA) is 69.7 Å². The van der Waals surface area contributed by atoms with Crippen LogP contribution in [-0.4, -0.2) is 49.7 Å². The lowest BCUT2D eigenvalue weighted by Crippen LogP contribution is -2.48. The van der Waals surface area contributed by atoms with Crippen LogP contribution in [0.5, 0.6) is 0 Å². The average molecular weight is 464 g/mol. The van der Waals surface area contributed by atoms with E-state index in [9.17, 15) is 13.2 Å². The molecular formula is C26H29N3O3S. The third-order valence-corrected chi connectivity index (χ3v) is 7.86. The molecule has 172 valence electrons. The maximum Gasteiger partial charge on any atom is 0.251 e. The van der Waals surface area contributed by atoms with Crippen LogP contribution >= 0.6 is 0 Å². The lowest BCUT2D eigenvalue weighted by atomic mass is 10.1. The van der Waals surface area contributed by atoms with Crippen molar-refractivity contribution in [2.24, 2.45) is 0 Å². The number of carbonyl (C=O) groups excluding carboxylic acids is 1. The van der Waals surface area contributed by atoms with Crippen molar-refractivity contribution in [3.8, 4) is 0 Å². The molecule has 1 N–H and O–H groups in total. The monoisotopic (exact) mass is 463 g/mol. The van der Waals surface area contributed by atoms with Gasteiger partial charge in [0.1, 0.15) is 0 Å². The molecule has 1 saturated heterocycles. The van der Waals surface area contributed by atoms with Gasteiger partial charge in [-0.1, -0.05) is 66.7 Å². The van der Waals surface area contributed by atoms with Crippen molar-refractivity contribution in [2.45, 2.75) is 24.4 Å². The van der Waals surface area contributed by atoms with Crippen molar-refractivity contribution in [3.05, 3.63) is 102 Å². The van der Waals surface area contributed by atoms with Crippen LogP contribution in [0.25, 0.3) is 0 Å². The van der Waals surface area contributed by atoms with E-state index in [4.69, 9.17) is 0 Å². The summed E-state index contributed by atoms with van der Waals surface area (Å²) in [5.74, 6) is -0.295. The predicted molar refractivity (Wildman–Crippen MR) is 129 cm³/mol. The van der Waals surface area contributed by atoms with Crippen LogP contribution in [0.2, 0.25) is 0 Å². The zero-order valence-corrected chi connectivity index (χ0v) is 19.5. The number of rotatable bonds is 7. The zero-order valence-electron chi connectivity index (χ0n) is 18.7. The number of hydrogen-bond acceptors (Lipinski definition) is 4. The van der Waals surface area contributed by atoms with Gasteiger partial charge >= 0.3 is 0 Å². The van der Waals surface area contributed by atoms with Crippen molar-refractivity contribution in [3.63, 3.8) is 0 Å². The molecule has 0 aromatic heterocycles. The molecule has 1 amide bonds. The molecular weight excluding hydrogens is 434 g/mol. The Morgan fingerprint density at radius 1 is 0.879 bits per heavy atom. The van der Waals surface area contributed by atoms with Crippen LogP contribution in [0.3, 0.4) is 0 Å². The van der Waals surface area contributed by atoms with Gasteiger partial charge in [-0.3, -0.25) is 9.69 Å². The summed E-state index contributed by atoms with van der Waals surface area (Å²) in [5.41, 5.74) is 2.54. The third kappa shape index (κ3) is 5.68. The summed E-state index contributed by atoms with van der Waals surface area (Å²) in [4.78, 5) is 15.2. The van der Waals surface area contributed by atoms with E-state index >= 15 is 0 Å². The molecule has 1 unspecified atom stereocenters. The smallest absolute Gasteiger partial charge is 0.251 e. The standard InChI is InChI=1S/C26H29N3O3S/c1-21(23-11-6-3-7-12-23)27-26(30)24-13-8-14-25(19-24)33(31,32)29-17-15-28(16-18-29)20-22-9-4-2-5-10-22/h2-14,19,21H,15-18,20H2,1H3,(H,27,30). The highest BCUT2D eigenvalue weighted by molar-refractivity contribution is 7.89. The number of benzene rings is 3. The first-order valence-electron chi connectivity index (χ1n) is 11.2. The fourth-order valence-corrected chi connectivity index (χ4v) is 5.49. The van der Waals surface area contributed by atoms with E-state index in [-0.39, 0.29) is 16.8 Å². The molecule has 3 aromatic carbocycles. The van der Waals surface area contributed by atoms with E-state index < -0.39 is 10.0 Å². The molecule has 0 spiro atoms. The Bertz CT molecular complexity index is 1180.